The molecule has 0 fully saturated rings. The predicted molar refractivity (Wildman–Crippen MR) is 47.6 cm³/mol. The number of hydrogen-bond donors (Lipinski definition) is 3. The highest BCUT2D eigenvalue weighted by Gasteiger charge is 2.30. The minimum absolute atomic E-state index is 0.164. The van der Waals surface area contributed by atoms with E-state index in [2.05, 4.69) is 10.7 Å². The number of aliphatic hydroxyl groups excluding tert-OH is 1. The molecule has 0 aliphatic rings. The average Bonchev–Trinajstić information content (AvgIpc) is 2.13. The van der Waals surface area contributed by atoms with Gasteiger partial charge in [0.25, 0.3) is 0 Å². The van der Waals surface area contributed by atoms with Crippen LogP contribution in [-0.2, 0) is 9.63 Å². The van der Waals surface area contributed by atoms with Crippen LogP contribution in [-0.4, -0.2) is 48.4 Å². The number of aliphatic hydroxyl groups is 1. The molecule has 0 unspecified atom stereocenters. The summed E-state index contributed by atoms with van der Waals surface area (Å²) in [5.41, 5.74) is 1.63. The molecule has 6 nitrogen and oxygen atoms in total. The summed E-state index contributed by atoms with van der Waals surface area (Å²) in [6, 6.07) is 0. The van der Waals surface area contributed by atoms with Crippen LogP contribution in [0.15, 0.2) is 0 Å². The molecule has 0 rings (SSSR count). The molecule has 96 valence electrons. The molecule has 0 aromatic rings. The molecule has 0 saturated carbocycles. The van der Waals surface area contributed by atoms with Crippen molar-refractivity contribution < 1.29 is 27.9 Å². The SMILES string of the molecule is NNOC(=O)CCN(CCO)CC(F)(F)F. The van der Waals surface area contributed by atoms with Crippen molar-refractivity contribution in [3.05, 3.63) is 0 Å². The van der Waals surface area contributed by atoms with Gasteiger partial charge >= 0.3 is 12.1 Å². The van der Waals surface area contributed by atoms with Crippen molar-refractivity contribution >= 4 is 5.97 Å². The Balaban J connectivity index is 3.98. The largest absolute Gasteiger partial charge is 0.401 e. The first-order chi connectivity index (χ1) is 7.39. The molecule has 9 heteroatoms. The third-order valence-electron chi connectivity index (χ3n) is 1.62. The topological polar surface area (TPSA) is 87.8 Å². The molecule has 0 atom stereocenters. The van der Waals surface area contributed by atoms with Gasteiger partial charge in [0.1, 0.15) is 0 Å². The first-order valence-electron chi connectivity index (χ1n) is 4.44. The van der Waals surface area contributed by atoms with Gasteiger partial charge in [-0.3, -0.25) is 9.69 Å². The monoisotopic (exact) mass is 245 g/mol. The number of rotatable bonds is 7. The molecule has 16 heavy (non-hydrogen) atoms. The van der Waals surface area contributed by atoms with Gasteiger partial charge in [0.15, 0.2) is 0 Å². The minimum atomic E-state index is -4.37. The molecule has 0 aromatic carbocycles. The van der Waals surface area contributed by atoms with Crippen molar-refractivity contribution in [1.82, 2.24) is 10.5 Å². The number of nitrogens with one attached hydrogen (secondary N) is 1. The maximum absolute atomic E-state index is 12.0. The number of carbonyl (C=O) groups is 1. The molecule has 0 bridgehead atoms. The summed E-state index contributed by atoms with van der Waals surface area (Å²) in [4.78, 5) is 15.8. The second-order valence-electron chi connectivity index (χ2n) is 2.96. The summed E-state index contributed by atoms with van der Waals surface area (Å²) in [5, 5.41) is 8.54. The Labute approximate surface area is 90.1 Å². The van der Waals surface area contributed by atoms with Crippen molar-refractivity contribution in [3.8, 4) is 0 Å². The van der Waals surface area contributed by atoms with Crippen molar-refractivity contribution in [2.75, 3.05) is 26.2 Å². The molecule has 0 saturated heterocycles. The zero-order valence-corrected chi connectivity index (χ0v) is 8.46. The number of hydrazine groups is 1. The zero-order valence-electron chi connectivity index (χ0n) is 8.46. The Bertz CT molecular complexity index is 213. The first-order valence-corrected chi connectivity index (χ1v) is 4.44. The van der Waals surface area contributed by atoms with E-state index in [0.29, 0.717) is 0 Å². The normalized spacial score (nSPS) is 11.9. The fraction of sp³-hybridized carbons (Fsp3) is 0.857. The summed E-state index contributed by atoms with van der Waals surface area (Å²) in [6.07, 6.45) is -4.62. The summed E-state index contributed by atoms with van der Waals surface area (Å²) in [7, 11) is 0. The highest BCUT2D eigenvalue weighted by molar-refractivity contribution is 5.69. The Morgan fingerprint density at radius 1 is 1.44 bits per heavy atom. The Morgan fingerprint density at radius 2 is 2.06 bits per heavy atom. The van der Waals surface area contributed by atoms with Crippen molar-refractivity contribution in [1.29, 1.82) is 0 Å². The molecule has 0 aromatic heterocycles. The summed E-state index contributed by atoms with van der Waals surface area (Å²) < 4.78 is 36.1. The van der Waals surface area contributed by atoms with E-state index in [0.717, 1.165) is 4.90 Å². The van der Waals surface area contributed by atoms with Gasteiger partial charge in [-0.1, -0.05) is 5.59 Å². The molecule has 0 aliphatic heterocycles. The Hall–Kier alpha value is -0.900. The molecule has 0 radical (unpaired) electrons. The lowest BCUT2D eigenvalue weighted by Crippen LogP contribution is -2.38. The van der Waals surface area contributed by atoms with E-state index in [1.165, 1.54) is 0 Å². The highest BCUT2D eigenvalue weighted by atomic mass is 19.4. The first kappa shape index (κ1) is 15.1. The van der Waals surface area contributed by atoms with Crippen molar-refractivity contribution in [2.45, 2.75) is 12.6 Å². The summed E-state index contributed by atoms with van der Waals surface area (Å²) in [6.45, 7) is -1.93. The van der Waals surface area contributed by atoms with E-state index in [4.69, 9.17) is 5.11 Å². The van der Waals surface area contributed by atoms with Gasteiger partial charge in [-0.15, -0.1) is 0 Å². The highest BCUT2D eigenvalue weighted by Crippen LogP contribution is 2.16. The number of alkyl halides is 3. The number of carbonyl (C=O) groups excluding carboxylic acids is 1. The van der Waals surface area contributed by atoms with Crippen LogP contribution in [0.1, 0.15) is 6.42 Å². The van der Waals surface area contributed by atoms with Gasteiger partial charge in [0.2, 0.25) is 0 Å². The molecule has 0 heterocycles. The lowest BCUT2D eigenvalue weighted by molar-refractivity contribution is -0.156. The Kier molecular flexibility index (Phi) is 6.97. The summed E-state index contributed by atoms with van der Waals surface area (Å²) >= 11 is 0. The minimum Gasteiger partial charge on any atom is -0.395 e. The summed E-state index contributed by atoms with van der Waals surface area (Å²) in [5.74, 6) is 3.90. The molecule has 0 amide bonds. The fourth-order valence-corrected chi connectivity index (χ4v) is 1.03. The van der Waals surface area contributed by atoms with E-state index in [9.17, 15) is 18.0 Å². The van der Waals surface area contributed by atoms with E-state index in [1.54, 1.807) is 5.59 Å². The third-order valence-corrected chi connectivity index (χ3v) is 1.62. The van der Waals surface area contributed by atoms with Crippen LogP contribution in [0.4, 0.5) is 13.2 Å². The van der Waals surface area contributed by atoms with Crippen LogP contribution < -0.4 is 11.4 Å². The van der Waals surface area contributed by atoms with Crippen LogP contribution in [0.2, 0.25) is 0 Å². The van der Waals surface area contributed by atoms with E-state index in [1.807, 2.05) is 0 Å². The third kappa shape index (κ3) is 8.41. The van der Waals surface area contributed by atoms with Crippen LogP contribution >= 0.6 is 0 Å². The van der Waals surface area contributed by atoms with E-state index >= 15 is 0 Å². The molecular formula is C7H14F3N3O3. The van der Waals surface area contributed by atoms with Gasteiger partial charge < -0.3 is 9.94 Å². The number of hydrogen-bond acceptors (Lipinski definition) is 6. The second kappa shape index (κ2) is 7.39. The number of halogens is 3. The lowest BCUT2D eigenvalue weighted by atomic mass is 10.3. The fourth-order valence-electron chi connectivity index (χ4n) is 1.03. The number of nitrogens with zero attached hydrogens (tertiary/aromatic N) is 1. The van der Waals surface area contributed by atoms with Crippen LogP contribution in [0.25, 0.3) is 0 Å². The maximum Gasteiger partial charge on any atom is 0.401 e. The van der Waals surface area contributed by atoms with Crippen LogP contribution in [0, 0.1) is 0 Å². The van der Waals surface area contributed by atoms with E-state index < -0.39 is 25.3 Å². The number of nitrogens with two attached hydrogens (primary N) is 1. The van der Waals surface area contributed by atoms with Gasteiger partial charge in [-0.25, -0.2) is 5.84 Å². The quantitative estimate of drug-likeness (QED) is 0.400. The molecule has 0 aliphatic carbocycles. The smallest absolute Gasteiger partial charge is 0.395 e. The van der Waals surface area contributed by atoms with Crippen LogP contribution in [0.3, 0.4) is 0 Å². The van der Waals surface area contributed by atoms with Crippen molar-refractivity contribution in [3.63, 3.8) is 0 Å². The molecular weight excluding hydrogens is 231 g/mol. The van der Waals surface area contributed by atoms with Gasteiger partial charge in [0, 0.05) is 13.1 Å². The van der Waals surface area contributed by atoms with Gasteiger partial charge in [-0.2, -0.15) is 13.2 Å². The standard InChI is InChI=1S/C7H14F3N3O3/c8-7(9,10)5-13(3-4-14)2-1-6(15)16-12-11/h12,14H,1-5,11H2. The maximum atomic E-state index is 12.0. The van der Waals surface area contributed by atoms with Crippen LogP contribution in [0.5, 0.6) is 0 Å². The van der Waals surface area contributed by atoms with E-state index in [-0.39, 0.29) is 19.5 Å². The molecule has 4 N–H and O–H groups in total. The second-order valence-corrected chi connectivity index (χ2v) is 2.96. The van der Waals surface area contributed by atoms with Crippen molar-refractivity contribution in [2.24, 2.45) is 5.84 Å². The zero-order chi connectivity index (χ0) is 12.6. The molecule has 0 spiro atoms. The predicted octanol–water partition coefficient (Wildman–Crippen LogP) is -0.845. The van der Waals surface area contributed by atoms with Gasteiger partial charge in [0.05, 0.1) is 19.6 Å². The van der Waals surface area contributed by atoms with Gasteiger partial charge in [-0.05, 0) is 0 Å². The lowest BCUT2D eigenvalue weighted by Gasteiger charge is -2.21. The average molecular weight is 245 g/mol. The Morgan fingerprint density at radius 3 is 2.50 bits per heavy atom.